The zero-order chi connectivity index (χ0) is 12.0. The van der Waals surface area contributed by atoms with Gasteiger partial charge in [-0.25, -0.2) is 0 Å². The number of nitrogens with zero attached hydrogens (tertiary/aromatic N) is 1. The van der Waals surface area contributed by atoms with Crippen molar-refractivity contribution in [3.05, 3.63) is 21.2 Å². The molecule has 1 aromatic heterocycles. The maximum atomic E-state index is 8.87. The van der Waals surface area contributed by atoms with Gasteiger partial charge < -0.3 is 20.2 Å². The molecule has 0 saturated carbocycles. The van der Waals surface area contributed by atoms with Crippen LogP contribution in [-0.2, 0) is 6.54 Å². The highest BCUT2D eigenvalue weighted by atomic mass is 32.1. The van der Waals surface area contributed by atoms with Crippen LogP contribution in [0.5, 0.6) is 0 Å². The Balaban J connectivity index is 2.76. The number of aliphatic hydroxyl groups excluding tert-OH is 2. The lowest BCUT2D eigenvalue weighted by Crippen LogP contribution is -2.29. The third-order valence-corrected chi connectivity index (χ3v) is 2.71. The van der Waals surface area contributed by atoms with Gasteiger partial charge in [0.25, 0.3) is 0 Å². The molecule has 0 aliphatic rings. The van der Waals surface area contributed by atoms with E-state index in [0.717, 1.165) is 5.56 Å². The first-order valence-electron chi connectivity index (χ1n) is 4.92. The average Bonchev–Trinajstić information content (AvgIpc) is 2.23. The molecule has 0 spiro atoms. The first kappa shape index (κ1) is 13.5. The first-order chi connectivity index (χ1) is 7.67. The number of aromatic nitrogens is 2. The highest BCUT2D eigenvalue weighted by Crippen LogP contribution is 2.03. The summed E-state index contributed by atoms with van der Waals surface area (Å²) in [7, 11) is 0. The Morgan fingerprint density at radius 2 is 1.81 bits per heavy atom. The Morgan fingerprint density at radius 1 is 1.19 bits per heavy atom. The van der Waals surface area contributed by atoms with Crippen molar-refractivity contribution in [3.8, 4) is 0 Å². The molecule has 0 atom stereocenters. The van der Waals surface area contributed by atoms with E-state index in [4.69, 9.17) is 34.6 Å². The van der Waals surface area contributed by atoms with Crippen molar-refractivity contribution in [2.45, 2.75) is 6.54 Å². The van der Waals surface area contributed by atoms with Crippen LogP contribution in [0.3, 0.4) is 0 Å². The minimum Gasteiger partial charge on any atom is -0.395 e. The molecule has 1 aromatic rings. The average molecular weight is 261 g/mol. The minimum absolute atomic E-state index is 0.0549. The Labute approximate surface area is 104 Å². The van der Waals surface area contributed by atoms with Gasteiger partial charge in [-0.05, 0) is 12.2 Å². The molecular formula is C9H15N3O2S2. The number of H-pyrrole nitrogens is 2. The van der Waals surface area contributed by atoms with Crippen molar-refractivity contribution in [2.75, 3.05) is 26.3 Å². The molecule has 0 aromatic carbocycles. The van der Waals surface area contributed by atoms with E-state index in [0.29, 0.717) is 29.0 Å². The van der Waals surface area contributed by atoms with Crippen molar-refractivity contribution < 1.29 is 10.2 Å². The topological polar surface area (TPSA) is 75.3 Å². The van der Waals surface area contributed by atoms with Crippen LogP contribution in [0.4, 0.5) is 0 Å². The summed E-state index contributed by atoms with van der Waals surface area (Å²) in [5.41, 5.74) is 0.894. The molecule has 4 N–H and O–H groups in total. The molecule has 0 aliphatic heterocycles. The lowest BCUT2D eigenvalue weighted by atomic mass is 10.3. The standard InChI is InChI=1S/C9H15N3O2S2/c13-3-1-12(2-4-14)6-7-5-10-9(16)11-8(7)15/h5,13-14H,1-4,6H2,(H2,10,11,15,16). The third-order valence-electron chi connectivity index (χ3n) is 2.12. The van der Waals surface area contributed by atoms with Gasteiger partial charge in [0, 0.05) is 31.4 Å². The van der Waals surface area contributed by atoms with Crippen LogP contribution in [0.2, 0.25) is 0 Å². The van der Waals surface area contributed by atoms with E-state index in [2.05, 4.69) is 9.97 Å². The predicted octanol–water partition coefficient (Wildman–Crippen LogP) is 0.588. The second kappa shape index (κ2) is 6.87. The second-order valence-corrected chi connectivity index (χ2v) is 4.14. The number of aromatic amines is 2. The number of hydrogen-bond donors (Lipinski definition) is 4. The SMILES string of the molecule is OCCN(CCO)Cc1c[nH]c(=S)[nH]c1=S. The quantitative estimate of drug-likeness (QED) is 0.564. The van der Waals surface area contributed by atoms with Crippen LogP contribution in [0, 0.1) is 9.41 Å². The van der Waals surface area contributed by atoms with E-state index in [-0.39, 0.29) is 13.2 Å². The molecule has 0 amide bonds. The van der Waals surface area contributed by atoms with E-state index >= 15 is 0 Å². The van der Waals surface area contributed by atoms with Crippen molar-refractivity contribution in [2.24, 2.45) is 0 Å². The highest BCUT2D eigenvalue weighted by molar-refractivity contribution is 7.72. The van der Waals surface area contributed by atoms with Gasteiger partial charge in [-0.15, -0.1) is 0 Å². The van der Waals surface area contributed by atoms with E-state index < -0.39 is 0 Å². The summed E-state index contributed by atoms with van der Waals surface area (Å²) in [6.07, 6.45) is 1.75. The van der Waals surface area contributed by atoms with Crippen LogP contribution in [-0.4, -0.2) is 51.4 Å². The lowest BCUT2D eigenvalue weighted by molar-refractivity contribution is 0.155. The van der Waals surface area contributed by atoms with Gasteiger partial charge in [0.2, 0.25) is 0 Å². The van der Waals surface area contributed by atoms with Crippen molar-refractivity contribution >= 4 is 24.4 Å². The van der Waals surface area contributed by atoms with Crippen LogP contribution >= 0.6 is 24.4 Å². The minimum atomic E-state index is 0.0549. The maximum Gasteiger partial charge on any atom is 0.175 e. The molecule has 0 unspecified atom stereocenters. The van der Waals surface area contributed by atoms with Crippen LogP contribution in [0.1, 0.15) is 5.56 Å². The summed E-state index contributed by atoms with van der Waals surface area (Å²) in [5.74, 6) is 0. The summed E-state index contributed by atoms with van der Waals surface area (Å²) in [6, 6.07) is 0. The van der Waals surface area contributed by atoms with Crippen molar-refractivity contribution in [1.29, 1.82) is 0 Å². The molecule has 7 heteroatoms. The number of aliphatic hydroxyl groups is 2. The molecule has 1 rings (SSSR count). The molecule has 0 radical (unpaired) electrons. The molecule has 1 heterocycles. The fourth-order valence-electron chi connectivity index (χ4n) is 1.35. The van der Waals surface area contributed by atoms with E-state index in [1.54, 1.807) is 6.20 Å². The summed E-state index contributed by atoms with van der Waals surface area (Å²) in [5, 5.41) is 17.7. The summed E-state index contributed by atoms with van der Waals surface area (Å²) >= 11 is 10.0. The van der Waals surface area contributed by atoms with Crippen LogP contribution in [0.25, 0.3) is 0 Å². The van der Waals surface area contributed by atoms with Gasteiger partial charge in [0.05, 0.1) is 13.2 Å². The third kappa shape index (κ3) is 4.11. The number of hydrogen-bond acceptors (Lipinski definition) is 5. The first-order valence-corrected chi connectivity index (χ1v) is 5.74. The largest absolute Gasteiger partial charge is 0.395 e. The van der Waals surface area contributed by atoms with Gasteiger partial charge in [0.15, 0.2) is 4.77 Å². The highest BCUT2D eigenvalue weighted by Gasteiger charge is 2.06. The van der Waals surface area contributed by atoms with Gasteiger partial charge in [-0.1, -0.05) is 12.2 Å². The predicted molar refractivity (Wildman–Crippen MR) is 66.3 cm³/mol. The lowest BCUT2D eigenvalue weighted by Gasteiger charge is -2.19. The fraction of sp³-hybridized carbons (Fsp3) is 0.556. The van der Waals surface area contributed by atoms with E-state index in [1.165, 1.54) is 0 Å². The number of nitrogens with one attached hydrogen (secondary N) is 2. The molecular weight excluding hydrogens is 246 g/mol. The number of rotatable bonds is 6. The molecule has 0 fully saturated rings. The zero-order valence-corrected chi connectivity index (χ0v) is 10.4. The molecule has 16 heavy (non-hydrogen) atoms. The molecule has 0 bridgehead atoms. The normalized spacial score (nSPS) is 10.9. The Hall–Kier alpha value is -0.600. The Bertz CT molecular complexity index is 423. The monoisotopic (exact) mass is 261 g/mol. The molecule has 90 valence electrons. The summed E-state index contributed by atoms with van der Waals surface area (Å²) < 4.78 is 1.08. The fourth-order valence-corrected chi connectivity index (χ4v) is 1.80. The van der Waals surface area contributed by atoms with E-state index in [1.807, 2.05) is 4.90 Å². The molecule has 5 nitrogen and oxygen atoms in total. The van der Waals surface area contributed by atoms with Gasteiger partial charge in [0.1, 0.15) is 4.64 Å². The summed E-state index contributed by atoms with van der Waals surface area (Å²) in [6.45, 7) is 1.69. The summed E-state index contributed by atoms with van der Waals surface area (Å²) in [4.78, 5) is 7.63. The van der Waals surface area contributed by atoms with Crippen molar-refractivity contribution in [3.63, 3.8) is 0 Å². The van der Waals surface area contributed by atoms with Gasteiger partial charge in [-0.3, -0.25) is 4.90 Å². The van der Waals surface area contributed by atoms with Crippen LogP contribution in [0.15, 0.2) is 6.20 Å². The van der Waals surface area contributed by atoms with Gasteiger partial charge in [-0.2, -0.15) is 0 Å². The van der Waals surface area contributed by atoms with Crippen LogP contribution < -0.4 is 0 Å². The van der Waals surface area contributed by atoms with E-state index in [9.17, 15) is 0 Å². The second-order valence-electron chi connectivity index (χ2n) is 3.32. The zero-order valence-electron chi connectivity index (χ0n) is 8.77. The van der Waals surface area contributed by atoms with Gasteiger partial charge >= 0.3 is 0 Å². The smallest absolute Gasteiger partial charge is 0.175 e. The van der Waals surface area contributed by atoms with Crippen molar-refractivity contribution in [1.82, 2.24) is 14.9 Å². The maximum absolute atomic E-state index is 8.87. The Kier molecular flexibility index (Phi) is 5.78. The Morgan fingerprint density at radius 3 is 2.31 bits per heavy atom. The molecule has 0 saturated heterocycles. The molecule has 0 aliphatic carbocycles.